The van der Waals surface area contributed by atoms with E-state index in [1.54, 1.807) is 0 Å². The molecule has 14 nitrogen and oxygen atoms in total. The predicted molar refractivity (Wildman–Crippen MR) is 410 cm³/mol. The largest absolute Gasteiger partial charge is 0.520 e. The first-order chi connectivity index (χ1) is 45.3. The fourth-order valence-electron chi connectivity index (χ4n) is 13.4. The van der Waals surface area contributed by atoms with Crippen molar-refractivity contribution >= 4 is 146 Å². The monoisotopic (exact) mass is 1500 g/mol. The van der Waals surface area contributed by atoms with Crippen LogP contribution in [0, 0.1) is 0 Å². The molecule has 8 aromatic rings. The van der Waals surface area contributed by atoms with Gasteiger partial charge < -0.3 is 58.3 Å². The maximum Gasteiger partial charge on any atom is 0.520 e. The number of benzene rings is 8. The third kappa shape index (κ3) is 14.0. The van der Waals surface area contributed by atoms with Crippen molar-refractivity contribution in [3.63, 3.8) is 0 Å². The molecule has 8 aromatic carbocycles. The summed E-state index contributed by atoms with van der Waals surface area (Å²) in [5.74, 6) is 0. The average molecular weight is 1500 g/mol. The first-order valence-corrected chi connectivity index (χ1v) is 59.3. The Kier molecular flexibility index (Phi) is 21.0. The molecule has 0 saturated carbocycles. The Balaban J connectivity index is 1.45. The quantitative estimate of drug-likeness (QED) is 0.0815. The Morgan fingerprint density at radius 3 is 1.09 bits per heavy atom. The van der Waals surface area contributed by atoms with E-state index in [9.17, 15) is 0 Å². The lowest BCUT2D eigenvalue weighted by Crippen LogP contribution is -2.88. The van der Waals surface area contributed by atoms with Gasteiger partial charge in [0, 0.05) is 36.3 Å². The molecule has 0 aromatic heterocycles. The standard InChI is InChI=1S/C70H96O14Si12/c1-17-59-68(3,4)87(11,12)72-85(60-43-27-19-28-44-60)73-91(62-47-31-21-32-48-62)79-93(64-51-35-23-36-52-64)75-88(13,14)69(5,6)70(7,18-2)89(15,16)76-94(65-53-37-24-38-54-65)83-95(66-55-39-25-40-56-66,78-90(71,77-93)61-45-29-20-30-46-61)81-92(74-86(8,9)10,63-49-33-22-34-50-63)82-96(80-91,84-94)67-57-41-26-42-58-67/h19-58,71,85H,17-18,59H2,1-16H3/t70-,85?,90?,91?,92?,93?,94?,95?,96?/m1/s1. The van der Waals surface area contributed by atoms with Gasteiger partial charge in [0.25, 0.3) is 0 Å². The maximum atomic E-state index is 15.5. The summed E-state index contributed by atoms with van der Waals surface area (Å²) < 4.78 is 112. The SMILES string of the molecule is CCCC(C)(C)[Si](C)(C)O[SiH](O[Si]1(c2ccccc2)O[Si]2(c3ccccc3)O[Si](O[Si](C)(C)C)(c3ccccc3)O[Si]3(c4ccccc4)O[Si](O)(c4ccccc4)O[Si](c4ccccc4)(O1)O[Si](C)(C)C(C)(C)[C@@](C)(CC)[Si](C)(C)O[Si](c1ccccc1)(O3)O2)c1ccccc1. The second-order valence-corrected chi connectivity index (χ2v) is 70.2. The molecule has 96 heavy (non-hydrogen) atoms. The maximum absolute atomic E-state index is 15.5. The molecule has 4 bridgehead atoms. The van der Waals surface area contributed by atoms with E-state index in [0.717, 1.165) is 18.0 Å². The summed E-state index contributed by atoms with van der Waals surface area (Å²) in [6.45, 7) is 36.0. The highest BCUT2D eigenvalue weighted by Crippen LogP contribution is 2.66. The Bertz CT molecular complexity index is 3890. The van der Waals surface area contributed by atoms with E-state index < -0.39 is 114 Å². The highest BCUT2D eigenvalue weighted by Gasteiger charge is 2.79. The van der Waals surface area contributed by atoms with Gasteiger partial charge in [0.05, 0.1) is 0 Å². The highest BCUT2D eigenvalue weighted by atomic mass is 28.6. The number of fused-ring (bicyclic) bond motifs is 7. The summed E-state index contributed by atoms with van der Waals surface area (Å²) in [7, 11) is -53.5. The topological polar surface area (TPSA) is 140 Å². The molecule has 0 aliphatic carbocycles. The molecule has 5 aliphatic heterocycles. The normalized spacial score (nSPS) is 29.7. The summed E-state index contributed by atoms with van der Waals surface area (Å²) in [6.07, 6.45) is 2.50. The Morgan fingerprint density at radius 1 is 0.406 bits per heavy atom. The predicted octanol–water partition coefficient (Wildman–Crippen LogP) is 11.3. The number of hydrogen-bond acceptors (Lipinski definition) is 14. The van der Waals surface area contributed by atoms with Crippen LogP contribution in [0.1, 0.15) is 67.7 Å². The second kappa shape index (κ2) is 27.6. The number of hydrogen-bond donors (Lipinski definition) is 1. The summed E-state index contributed by atoms with van der Waals surface area (Å²) in [5, 5.41) is 2.54. The third-order valence-corrected chi connectivity index (χ3v) is 72.0. The molecule has 8 unspecified atom stereocenters. The number of rotatable bonds is 18. The Hall–Kier alpha value is -4.20. The van der Waals surface area contributed by atoms with Gasteiger partial charge in [-0.3, -0.25) is 0 Å². The minimum Gasteiger partial charge on any atom is -0.435 e. The van der Waals surface area contributed by atoms with Crippen LogP contribution in [-0.2, 0) is 53.5 Å². The smallest absolute Gasteiger partial charge is 0.435 e. The molecule has 5 saturated heterocycles. The van der Waals surface area contributed by atoms with E-state index in [2.05, 4.69) is 120 Å². The van der Waals surface area contributed by atoms with E-state index in [0.29, 0.717) is 42.7 Å². The van der Waals surface area contributed by atoms with Crippen molar-refractivity contribution in [3.8, 4) is 0 Å². The van der Waals surface area contributed by atoms with Gasteiger partial charge in [-0.15, -0.1) is 0 Å². The zero-order valence-electron chi connectivity index (χ0n) is 58.5. The molecule has 1 N–H and O–H groups in total. The van der Waals surface area contributed by atoms with Gasteiger partial charge in [-0.1, -0.05) is 304 Å². The van der Waals surface area contributed by atoms with Crippen LogP contribution in [-0.4, -0.2) is 109 Å². The minimum atomic E-state index is -5.48. The first kappa shape index (κ1) is 73.0. The molecule has 0 radical (unpaired) electrons. The van der Waals surface area contributed by atoms with Crippen molar-refractivity contribution in [3.05, 3.63) is 243 Å². The molecule has 5 aliphatic rings. The fraction of sp³-hybridized carbons (Fsp3) is 0.314. The molecule has 0 spiro atoms. The zero-order valence-corrected chi connectivity index (χ0v) is 70.7. The van der Waals surface area contributed by atoms with Crippen molar-refractivity contribution in [2.75, 3.05) is 0 Å². The van der Waals surface area contributed by atoms with E-state index in [1.807, 2.05) is 231 Å². The minimum absolute atomic E-state index is 0.257. The molecule has 0 amide bonds. The molecule has 9 atom stereocenters. The van der Waals surface area contributed by atoms with Crippen molar-refractivity contribution in [2.24, 2.45) is 0 Å². The van der Waals surface area contributed by atoms with E-state index in [4.69, 9.17) is 53.5 Å². The molecule has 13 rings (SSSR count). The fourth-order valence-corrected chi connectivity index (χ4v) is 72.8. The Labute approximate surface area is 584 Å². The molecule has 508 valence electrons. The molecule has 26 heteroatoms. The molecular weight excluding hydrogens is 1400 g/mol. The van der Waals surface area contributed by atoms with Crippen LogP contribution in [0.15, 0.2) is 243 Å². The lowest BCUT2D eigenvalue weighted by molar-refractivity contribution is 0.0686. The van der Waals surface area contributed by atoms with Gasteiger partial charge in [0.2, 0.25) is 0 Å². The summed E-state index contributed by atoms with van der Waals surface area (Å²) in [6, 6.07) is 78.4. The van der Waals surface area contributed by atoms with Crippen molar-refractivity contribution in [2.45, 2.75) is 142 Å². The van der Waals surface area contributed by atoms with Crippen LogP contribution >= 0.6 is 0 Å². The Morgan fingerprint density at radius 2 is 0.719 bits per heavy atom. The van der Waals surface area contributed by atoms with Crippen molar-refractivity contribution in [1.29, 1.82) is 0 Å². The molecular formula is C70H96O14Si12. The zero-order chi connectivity index (χ0) is 68.8. The third-order valence-electron chi connectivity index (χ3n) is 20.4. The average Bonchev–Trinajstić information content (AvgIpc) is 1.14. The summed E-state index contributed by atoms with van der Waals surface area (Å²) in [5.41, 5.74) is 0. The van der Waals surface area contributed by atoms with Crippen LogP contribution in [0.2, 0.25) is 74.0 Å². The molecule has 5 fully saturated rings. The van der Waals surface area contributed by atoms with Gasteiger partial charge in [0.15, 0.2) is 33.3 Å². The van der Waals surface area contributed by atoms with Gasteiger partial charge in [-0.2, -0.15) is 0 Å². The van der Waals surface area contributed by atoms with Crippen molar-refractivity contribution < 1.29 is 58.3 Å². The van der Waals surface area contributed by atoms with E-state index in [1.165, 1.54) is 0 Å². The van der Waals surface area contributed by atoms with Gasteiger partial charge in [0.1, 0.15) is 0 Å². The van der Waals surface area contributed by atoms with E-state index in [-0.39, 0.29) is 5.04 Å². The highest BCUT2D eigenvalue weighted by molar-refractivity contribution is 7.09. The summed E-state index contributed by atoms with van der Waals surface area (Å²) >= 11 is 0. The second-order valence-electron chi connectivity index (χ2n) is 29.2. The van der Waals surface area contributed by atoms with Gasteiger partial charge in [-0.25, -0.2) is 0 Å². The van der Waals surface area contributed by atoms with Crippen LogP contribution in [0.4, 0.5) is 0 Å². The van der Waals surface area contributed by atoms with Crippen molar-refractivity contribution in [1.82, 2.24) is 0 Å². The van der Waals surface area contributed by atoms with Gasteiger partial charge >= 0.3 is 70.9 Å². The van der Waals surface area contributed by atoms with Gasteiger partial charge in [-0.05, 0) is 85.6 Å². The van der Waals surface area contributed by atoms with Crippen LogP contribution in [0.25, 0.3) is 0 Å². The van der Waals surface area contributed by atoms with Crippen LogP contribution < -0.4 is 41.5 Å². The van der Waals surface area contributed by atoms with Crippen LogP contribution in [0.5, 0.6) is 0 Å². The first-order valence-electron chi connectivity index (χ1n) is 33.5. The molecule has 5 heterocycles. The van der Waals surface area contributed by atoms with Crippen LogP contribution in [0.3, 0.4) is 0 Å². The lowest BCUT2D eigenvalue weighted by Gasteiger charge is -2.59. The lowest BCUT2D eigenvalue weighted by atomic mass is 9.92. The summed E-state index contributed by atoms with van der Waals surface area (Å²) in [4.78, 5) is 15.5. The van der Waals surface area contributed by atoms with E-state index >= 15 is 4.80 Å².